The van der Waals surface area contributed by atoms with Crippen LogP contribution in [0.5, 0.6) is 0 Å². The molecule has 1 rings (SSSR count). The highest BCUT2D eigenvalue weighted by Gasteiger charge is 2.33. The van der Waals surface area contributed by atoms with Crippen molar-refractivity contribution in [3.8, 4) is 0 Å². The molecule has 0 atom stereocenters. The van der Waals surface area contributed by atoms with Gasteiger partial charge in [-0.2, -0.15) is 24.9 Å². The van der Waals surface area contributed by atoms with E-state index in [9.17, 15) is 18.0 Å². The van der Waals surface area contributed by atoms with Crippen LogP contribution in [-0.4, -0.2) is 53.3 Å². The Balaban J connectivity index is 2.47. The Morgan fingerprint density at radius 1 is 1.33 bits per heavy atom. The maximum atomic E-state index is 12.3. The van der Waals surface area contributed by atoms with Gasteiger partial charge in [0.2, 0.25) is 5.91 Å². The molecule has 0 unspecified atom stereocenters. The summed E-state index contributed by atoms with van der Waals surface area (Å²) in [4.78, 5) is 12.5. The summed E-state index contributed by atoms with van der Waals surface area (Å²) in [6, 6.07) is 0. The summed E-state index contributed by atoms with van der Waals surface area (Å²) in [5, 5.41) is 8.72. The predicted molar refractivity (Wildman–Crippen MR) is 64.4 cm³/mol. The molecule has 1 amide bonds. The van der Waals surface area contributed by atoms with Crippen LogP contribution in [0.2, 0.25) is 0 Å². The van der Waals surface area contributed by atoms with Gasteiger partial charge in [-0.15, -0.1) is 0 Å². The minimum atomic E-state index is -4.41. The molecule has 3 nitrogen and oxygen atoms in total. The van der Waals surface area contributed by atoms with Gasteiger partial charge >= 0.3 is 6.18 Å². The van der Waals surface area contributed by atoms with Gasteiger partial charge in [-0.3, -0.25) is 4.79 Å². The molecule has 0 aromatic rings. The normalized spacial score (nSPS) is 17.8. The third-order valence-electron chi connectivity index (χ3n) is 2.90. The van der Waals surface area contributed by atoms with E-state index in [4.69, 9.17) is 5.11 Å². The highest BCUT2D eigenvalue weighted by Crippen LogP contribution is 2.26. The highest BCUT2D eigenvalue weighted by atomic mass is 32.2. The Kier molecular flexibility index (Phi) is 6.28. The standard InChI is InChI=1S/C11H18F3NO2S/c12-11(13,14)8-15(3-4-16)10(17)7-9-1-5-18-6-2-9/h9,16H,1-8H2. The van der Waals surface area contributed by atoms with Crippen molar-refractivity contribution < 1.29 is 23.1 Å². The van der Waals surface area contributed by atoms with Gasteiger partial charge in [0, 0.05) is 13.0 Å². The second-order valence-electron chi connectivity index (χ2n) is 4.41. The second kappa shape index (κ2) is 7.23. The van der Waals surface area contributed by atoms with E-state index in [1.54, 1.807) is 0 Å². The van der Waals surface area contributed by atoms with Crippen LogP contribution in [0.1, 0.15) is 19.3 Å². The Labute approximate surface area is 109 Å². The van der Waals surface area contributed by atoms with Crippen LogP contribution in [0.3, 0.4) is 0 Å². The lowest BCUT2D eigenvalue weighted by Crippen LogP contribution is -2.41. The highest BCUT2D eigenvalue weighted by molar-refractivity contribution is 7.99. The first-order valence-electron chi connectivity index (χ1n) is 5.95. The fourth-order valence-corrected chi connectivity index (χ4v) is 3.16. The summed E-state index contributed by atoms with van der Waals surface area (Å²) in [5.74, 6) is 1.63. The zero-order valence-electron chi connectivity index (χ0n) is 10.1. The number of carbonyl (C=O) groups is 1. The van der Waals surface area contributed by atoms with Gasteiger partial charge in [0.05, 0.1) is 6.61 Å². The van der Waals surface area contributed by atoms with Crippen LogP contribution in [-0.2, 0) is 4.79 Å². The third kappa shape index (κ3) is 5.95. The summed E-state index contributed by atoms with van der Waals surface area (Å²) < 4.78 is 36.9. The van der Waals surface area contributed by atoms with Crippen LogP contribution in [0.25, 0.3) is 0 Å². The molecule has 18 heavy (non-hydrogen) atoms. The van der Waals surface area contributed by atoms with Gasteiger partial charge in [0.1, 0.15) is 6.54 Å². The predicted octanol–water partition coefficient (Wildman–Crippen LogP) is 1.90. The van der Waals surface area contributed by atoms with Crippen molar-refractivity contribution in [1.29, 1.82) is 0 Å². The van der Waals surface area contributed by atoms with E-state index < -0.39 is 25.2 Å². The van der Waals surface area contributed by atoms with Crippen LogP contribution < -0.4 is 0 Å². The molecule has 1 aliphatic rings. The first kappa shape index (κ1) is 15.6. The molecule has 7 heteroatoms. The van der Waals surface area contributed by atoms with Crippen molar-refractivity contribution >= 4 is 17.7 Å². The maximum Gasteiger partial charge on any atom is 0.406 e. The molecule has 0 saturated carbocycles. The Morgan fingerprint density at radius 3 is 2.44 bits per heavy atom. The van der Waals surface area contributed by atoms with E-state index in [1.165, 1.54) is 0 Å². The Morgan fingerprint density at radius 2 is 1.94 bits per heavy atom. The average Bonchev–Trinajstić information content (AvgIpc) is 2.28. The molecule has 1 aliphatic heterocycles. The molecule has 0 bridgehead atoms. The van der Waals surface area contributed by atoms with Gasteiger partial charge in [0.15, 0.2) is 0 Å². The molecule has 0 radical (unpaired) electrons. The van der Waals surface area contributed by atoms with E-state index in [0.29, 0.717) is 4.90 Å². The molecule has 0 aromatic carbocycles. The number of carbonyl (C=O) groups excluding carboxylic acids is 1. The summed E-state index contributed by atoms with van der Waals surface area (Å²) in [6.45, 7) is -1.96. The van der Waals surface area contributed by atoms with Crippen LogP contribution >= 0.6 is 11.8 Å². The summed E-state index contributed by atoms with van der Waals surface area (Å²) in [5.41, 5.74) is 0. The molecule has 1 fully saturated rings. The van der Waals surface area contributed by atoms with Crippen molar-refractivity contribution in [1.82, 2.24) is 4.90 Å². The fraction of sp³-hybridized carbons (Fsp3) is 0.909. The number of amides is 1. The molecule has 1 N–H and O–H groups in total. The molecule has 0 aromatic heterocycles. The van der Waals surface area contributed by atoms with Crippen LogP contribution in [0.15, 0.2) is 0 Å². The first-order valence-corrected chi connectivity index (χ1v) is 7.11. The van der Waals surface area contributed by atoms with Crippen molar-refractivity contribution in [2.45, 2.75) is 25.4 Å². The van der Waals surface area contributed by atoms with Gasteiger partial charge in [-0.1, -0.05) is 0 Å². The molecule has 0 aliphatic carbocycles. The zero-order chi connectivity index (χ0) is 13.6. The smallest absolute Gasteiger partial charge is 0.395 e. The number of rotatable bonds is 5. The molecule has 0 spiro atoms. The topological polar surface area (TPSA) is 40.5 Å². The lowest BCUT2D eigenvalue weighted by atomic mass is 9.98. The minimum Gasteiger partial charge on any atom is -0.395 e. The van der Waals surface area contributed by atoms with Crippen molar-refractivity contribution in [2.75, 3.05) is 31.2 Å². The van der Waals surface area contributed by atoms with E-state index in [-0.39, 0.29) is 18.9 Å². The van der Waals surface area contributed by atoms with Gasteiger partial charge in [-0.05, 0) is 30.3 Å². The maximum absolute atomic E-state index is 12.3. The minimum absolute atomic E-state index is 0.163. The number of hydrogen-bond donors (Lipinski definition) is 1. The van der Waals surface area contributed by atoms with Gasteiger partial charge in [0.25, 0.3) is 0 Å². The molecule has 1 saturated heterocycles. The molecule has 1 heterocycles. The number of thioether (sulfide) groups is 1. The number of aliphatic hydroxyl groups is 1. The quantitative estimate of drug-likeness (QED) is 0.839. The SMILES string of the molecule is O=C(CC1CCSCC1)N(CCO)CC(F)(F)F. The summed E-state index contributed by atoms with van der Waals surface area (Å²) in [7, 11) is 0. The van der Waals surface area contributed by atoms with Crippen molar-refractivity contribution in [3.63, 3.8) is 0 Å². The lowest BCUT2D eigenvalue weighted by molar-refractivity contribution is -0.162. The number of hydrogen-bond acceptors (Lipinski definition) is 3. The van der Waals surface area contributed by atoms with E-state index in [2.05, 4.69) is 0 Å². The summed E-state index contributed by atoms with van der Waals surface area (Å²) in [6.07, 6.45) is -2.48. The zero-order valence-corrected chi connectivity index (χ0v) is 10.9. The lowest BCUT2D eigenvalue weighted by Gasteiger charge is -2.27. The van der Waals surface area contributed by atoms with E-state index in [0.717, 1.165) is 24.3 Å². The number of aliphatic hydroxyl groups excluding tert-OH is 1. The van der Waals surface area contributed by atoms with Crippen LogP contribution in [0.4, 0.5) is 13.2 Å². The van der Waals surface area contributed by atoms with Crippen molar-refractivity contribution in [2.24, 2.45) is 5.92 Å². The number of nitrogens with zero attached hydrogens (tertiary/aromatic N) is 1. The van der Waals surface area contributed by atoms with E-state index in [1.807, 2.05) is 11.8 Å². The fourth-order valence-electron chi connectivity index (χ4n) is 1.96. The second-order valence-corrected chi connectivity index (χ2v) is 5.64. The van der Waals surface area contributed by atoms with Crippen molar-refractivity contribution in [3.05, 3.63) is 0 Å². The van der Waals surface area contributed by atoms with E-state index >= 15 is 0 Å². The first-order chi connectivity index (χ1) is 8.42. The van der Waals surface area contributed by atoms with Gasteiger partial charge in [-0.25, -0.2) is 0 Å². The number of alkyl halides is 3. The number of halogens is 3. The average molecular weight is 285 g/mol. The Hall–Kier alpha value is -0.430. The third-order valence-corrected chi connectivity index (χ3v) is 3.95. The van der Waals surface area contributed by atoms with Crippen LogP contribution in [0, 0.1) is 5.92 Å². The molecular formula is C11H18F3NO2S. The molecular weight excluding hydrogens is 267 g/mol. The summed E-state index contributed by atoms with van der Waals surface area (Å²) >= 11 is 1.81. The largest absolute Gasteiger partial charge is 0.406 e. The monoisotopic (exact) mass is 285 g/mol. The van der Waals surface area contributed by atoms with Gasteiger partial charge < -0.3 is 10.0 Å². The molecule has 106 valence electrons. The Bertz CT molecular complexity index is 268.